The van der Waals surface area contributed by atoms with Gasteiger partial charge < -0.3 is 21.1 Å². The van der Waals surface area contributed by atoms with Crippen molar-refractivity contribution in [3.8, 4) is 0 Å². The molecule has 2 aliphatic rings. The molecule has 2 rings (SSSR count). The number of nitrogens with zero attached hydrogens (tertiary/aromatic N) is 1. The van der Waals surface area contributed by atoms with E-state index in [1.165, 1.54) is 0 Å². The van der Waals surface area contributed by atoms with Crippen LogP contribution in [0.4, 0.5) is 0 Å². The lowest BCUT2D eigenvalue weighted by Crippen LogP contribution is -2.42. The molecule has 2 saturated heterocycles. The van der Waals surface area contributed by atoms with E-state index in [0.717, 1.165) is 0 Å². The maximum Gasteiger partial charge on any atom is 0.0995 e. The smallest absolute Gasteiger partial charge is 0.0995 e. The van der Waals surface area contributed by atoms with Crippen molar-refractivity contribution >= 4 is 0 Å². The van der Waals surface area contributed by atoms with E-state index in [9.17, 15) is 15.3 Å². The minimum atomic E-state index is -0.856. The maximum absolute atomic E-state index is 9.63. The van der Waals surface area contributed by atoms with Gasteiger partial charge in [-0.25, -0.2) is 0 Å². The molecule has 5 atom stereocenters. The first kappa shape index (κ1) is 9.36. The molecule has 2 heterocycles. The van der Waals surface area contributed by atoms with Crippen molar-refractivity contribution in [3.05, 3.63) is 0 Å². The van der Waals surface area contributed by atoms with Crippen molar-refractivity contribution in [3.63, 3.8) is 0 Å². The highest BCUT2D eigenvalue weighted by atomic mass is 16.3. The van der Waals surface area contributed by atoms with Crippen LogP contribution in [-0.4, -0.2) is 63.7 Å². The predicted molar refractivity (Wildman–Crippen MR) is 46.0 cm³/mol. The summed E-state index contributed by atoms with van der Waals surface area (Å²) in [7, 11) is 0. The van der Waals surface area contributed by atoms with E-state index >= 15 is 0 Å². The molecule has 5 nitrogen and oxygen atoms in total. The molecule has 5 unspecified atom stereocenters. The van der Waals surface area contributed by atoms with Gasteiger partial charge in [0.15, 0.2) is 0 Å². The molecule has 0 radical (unpaired) electrons. The highest BCUT2D eigenvalue weighted by molar-refractivity contribution is 5.07. The van der Waals surface area contributed by atoms with E-state index < -0.39 is 18.3 Å². The van der Waals surface area contributed by atoms with Crippen molar-refractivity contribution in [1.82, 2.24) is 4.90 Å². The highest BCUT2D eigenvalue weighted by Crippen LogP contribution is 2.32. The second-order valence-electron chi connectivity index (χ2n) is 3.87. The van der Waals surface area contributed by atoms with Gasteiger partial charge in [0.25, 0.3) is 0 Å². The van der Waals surface area contributed by atoms with Crippen LogP contribution in [0, 0.1) is 0 Å². The van der Waals surface area contributed by atoms with Gasteiger partial charge in [-0.1, -0.05) is 0 Å². The molecule has 0 bridgehead atoms. The Kier molecular flexibility index (Phi) is 2.29. The molecule has 0 spiro atoms. The molecule has 13 heavy (non-hydrogen) atoms. The number of fused-ring (bicyclic) bond motifs is 1. The van der Waals surface area contributed by atoms with Crippen LogP contribution in [0.5, 0.6) is 0 Å². The summed E-state index contributed by atoms with van der Waals surface area (Å²) in [6, 6.07) is -0.513. The van der Waals surface area contributed by atoms with E-state index in [1.807, 2.05) is 4.90 Å². The Morgan fingerprint density at radius 1 is 1.23 bits per heavy atom. The molecular weight excluding hydrogens is 172 g/mol. The Hall–Kier alpha value is -0.200. The summed E-state index contributed by atoms with van der Waals surface area (Å²) in [5, 5.41) is 28.8. The summed E-state index contributed by atoms with van der Waals surface area (Å²) >= 11 is 0. The summed E-state index contributed by atoms with van der Waals surface area (Å²) in [6.45, 7) is 1.03. The van der Waals surface area contributed by atoms with E-state index in [2.05, 4.69) is 0 Å². The molecule has 5 N–H and O–H groups in total. The van der Waals surface area contributed by atoms with Gasteiger partial charge >= 0.3 is 0 Å². The number of hydrogen-bond acceptors (Lipinski definition) is 5. The summed E-state index contributed by atoms with van der Waals surface area (Å²) in [6.07, 6.45) is -1.54. The standard InChI is InChI=1S/C8H16N2O3/c9-3-4-7(12)8(13)6-5(11)1-2-10(4)6/h4-8,11-13H,1-3,9H2. The first-order chi connectivity index (χ1) is 6.16. The van der Waals surface area contributed by atoms with Crippen molar-refractivity contribution in [1.29, 1.82) is 0 Å². The summed E-state index contributed by atoms with van der Waals surface area (Å²) in [4.78, 5) is 1.92. The lowest BCUT2D eigenvalue weighted by atomic mass is 10.0. The third-order valence-corrected chi connectivity index (χ3v) is 3.22. The quantitative estimate of drug-likeness (QED) is 0.365. The minimum Gasteiger partial charge on any atom is -0.391 e. The minimum absolute atomic E-state index is 0.197. The zero-order valence-electron chi connectivity index (χ0n) is 7.37. The largest absolute Gasteiger partial charge is 0.391 e. The molecule has 0 aromatic rings. The number of aliphatic hydroxyl groups excluding tert-OH is 3. The van der Waals surface area contributed by atoms with Gasteiger partial charge in [0.05, 0.1) is 30.4 Å². The van der Waals surface area contributed by atoms with Crippen LogP contribution >= 0.6 is 0 Å². The average Bonchev–Trinajstić information content (AvgIpc) is 2.57. The van der Waals surface area contributed by atoms with Crippen LogP contribution < -0.4 is 5.73 Å². The second-order valence-corrected chi connectivity index (χ2v) is 3.87. The lowest BCUT2D eigenvalue weighted by molar-refractivity contribution is 0.00389. The van der Waals surface area contributed by atoms with Crippen LogP contribution in [0.1, 0.15) is 6.42 Å². The lowest BCUT2D eigenvalue weighted by Gasteiger charge is -2.22. The topological polar surface area (TPSA) is 90.0 Å². The van der Waals surface area contributed by atoms with Gasteiger partial charge in [-0.05, 0) is 6.42 Å². The fourth-order valence-corrected chi connectivity index (χ4v) is 2.53. The monoisotopic (exact) mass is 188 g/mol. The fraction of sp³-hybridized carbons (Fsp3) is 1.00. The zero-order valence-corrected chi connectivity index (χ0v) is 7.37. The Morgan fingerprint density at radius 2 is 1.92 bits per heavy atom. The summed E-state index contributed by atoms with van der Waals surface area (Å²) in [5.74, 6) is 0. The summed E-state index contributed by atoms with van der Waals surface area (Å²) in [5.41, 5.74) is 5.49. The van der Waals surface area contributed by atoms with Crippen molar-refractivity contribution in [2.45, 2.75) is 36.8 Å². The second kappa shape index (κ2) is 3.18. The van der Waals surface area contributed by atoms with Gasteiger partial charge in [0.2, 0.25) is 0 Å². The predicted octanol–water partition coefficient (Wildman–Crippen LogP) is -2.52. The first-order valence-corrected chi connectivity index (χ1v) is 4.67. The normalized spacial score (nSPS) is 51.2. The molecule has 0 aromatic heterocycles. The molecule has 0 saturated carbocycles. The van der Waals surface area contributed by atoms with E-state index in [-0.39, 0.29) is 12.1 Å². The van der Waals surface area contributed by atoms with Gasteiger partial charge in [-0.3, -0.25) is 4.90 Å². The van der Waals surface area contributed by atoms with Crippen LogP contribution in [0.2, 0.25) is 0 Å². The van der Waals surface area contributed by atoms with Crippen LogP contribution in [0.3, 0.4) is 0 Å². The van der Waals surface area contributed by atoms with E-state index in [0.29, 0.717) is 19.5 Å². The molecule has 2 fully saturated rings. The number of hydrogen-bond donors (Lipinski definition) is 4. The van der Waals surface area contributed by atoms with Gasteiger partial charge in [0, 0.05) is 13.1 Å². The van der Waals surface area contributed by atoms with Gasteiger partial charge in [0.1, 0.15) is 0 Å². The molecule has 0 aliphatic carbocycles. The molecule has 76 valence electrons. The third kappa shape index (κ3) is 1.19. The summed E-state index contributed by atoms with van der Waals surface area (Å²) < 4.78 is 0. The van der Waals surface area contributed by atoms with Crippen LogP contribution in [-0.2, 0) is 0 Å². The van der Waals surface area contributed by atoms with E-state index in [4.69, 9.17) is 5.73 Å². The maximum atomic E-state index is 9.63. The van der Waals surface area contributed by atoms with Crippen LogP contribution in [0.15, 0.2) is 0 Å². The molecule has 5 heteroatoms. The van der Waals surface area contributed by atoms with E-state index in [1.54, 1.807) is 0 Å². The Bertz CT molecular complexity index is 202. The molecular formula is C8H16N2O3. The molecule has 0 amide bonds. The third-order valence-electron chi connectivity index (χ3n) is 3.22. The average molecular weight is 188 g/mol. The van der Waals surface area contributed by atoms with Crippen molar-refractivity contribution in [2.75, 3.05) is 13.1 Å². The first-order valence-electron chi connectivity index (χ1n) is 4.67. The Balaban J connectivity index is 2.19. The molecule has 2 aliphatic heterocycles. The van der Waals surface area contributed by atoms with Crippen molar-refractivity contribution < 1.29 is 15.3 Å². The Labute approximate surface area is 76.8 Å². The molecule has 0 aromatic carbocycles. The SMILES string of the molecule is NCC1C(O)C(O)C2C(O)CCN12. The Morgan fingerprint density at radius 3 is 2.54 bits per heavy atom. The van der Waals surface area contributed by atoms with Crippen molar-refractivity contribution in [2.24, 2.45) is 5.73 Å². The highest BCUT2D eigenvalue weighted by Gasteiger charge is 2.52. The number of nitrogens with two attached hydrogens (primary N) is 1. The zero-order chi connectivity index (χ0) is 9.59. The fourth-order valence-electron chi connectivity index (χ4n) is 2.53. The van der Waals surface area contributed by atoms with Crippen LogP contribution in [0.25, 0.3) is 0 Å². The number of aliphatic hydroxyl groups is 3. The van der Waals surface area contributed by atoms with Gasteiger partial charge in [-0.2, -0.15) is 0 Å². The number of rotatable bonds is 1. The van der Waals surface area contributed by atoms with Gasteiger partial charge in [-0.15, -0.1) is 0 Å².